The Kier molecular flexibility index (Phi) is 3.41. The number of hydrogen-bond donors (Lipinski definition) is 0. The van der Waals surface area contributed by atoms with E-state index >= 15 is 0 Å². The summed E-state index contributed by atoms with van der Waals surface area (Å²) >= 11 is 6.96. The van der Waals surface area contributed by atoms with Crippen LogP contribution in [0.1, 0.15) is 0 Å². The molecule has 1 aromatic rings. The average Bonchev–Trinajstić information content (AvgIpc) is 2.03. The zero-order chi connectivity index (χ0) is 7.23. The second-order valence-corrected chi connectivity index (χ2v) is 2.92. The molecule has 0 saturated heterocycles. The molecule has 0 radical (unpaired) electrons. The number of benzene rings is 1. The van der Waals surface area contributed by atoms with Gasteiger partial charge >= 0.3 is 0 Å². The van der Waals surface area contributed by atoms with Crippen molar-refractivity contribution in [2.24, 2.45) is 0 Å². The van der Waals surface area contributed by atoms with Gasteiger partial charge < -0.3 is 0 Å². The highest BCUT2D eigenvalue weighted by atomic mass is 35.5. The Balaban J connectivity index is 2.59. The molecule has 0 bridgehead atoms. The summed E-state index contributed by atoms with van der Waals surface area (Å²) < 4.78 is 0. The summed E-state index contributed by atoms with van der Waals surface area (Å²) in [5.74, 6) is 0. The zero-order valence-corrected chi connectivity index (χ0v) is 6.90. The number of halogens is 1. The lowest BCUT2D eigenvalue weighted by Crippen LogP contribution is -1.62. The van der Waals surface area contributed by atoms with Crippen LogP contribution in [0.3, 0.4) is 0 Å². The van der Waals surface area contributed by atoms with E-state index in [1.165, 1.54) is 10.4 Å². The van der Waals surface area contributed by atoms with Crippen LogP contribution in [0, 0.1) is 0 Å². The monoisotopic (exact) mass is 170 g/mol. The van der Waals surface area contributed by atoms with Crippen LogP contribution in [-0.4, -0.2) is 0 Å². The van der Waals surface area contributed by atoms with Gasteiger partial charge in [-0.25, -0.2) is 0 Å². The quantitative estimate of drug-likeness (QED) is 0.613. The van der Waals surface area contributed by atoms with E-state index in [9.17, 15) is 0 Å². The van der Waals surface area contributed by atoms with Crippen molar-refractivity contribution < 1.29 is 0 Å². The first-order valence-electron chi connectivity index (χ1n) is 2.90. The number of hydrogen-bond acceptors (Lipinski definition) is 1. The standard InChI is InChI=1S/C8H7ClS/c9-6-7-10-8-4-2-1-3-5-8/h1-7H. The predicted molar refractivity (Wildman–Crippen MR) is 47.3 cm³/mol. The lowest BCUT2D eigenvalue weighted by Gasteiger charge is -1.91. The Bertz CT molecular complexity index is 206. The Morgan fingerprint density at radius 2 is 1.90 bits per heavy atom. The molecule has 0 heterocycles. The van der Waals surface area contributed by atoms with Crippen LogP contribution in [-0.2, 0) is 0 Å². The minimum Gasteiger partial charge on any atom is -0.0972 e. The van der Waals surface area contributed by atoms with Gasteiger partial charge in [0, 0.05) is 10.4 Å². The molecule has 0 aliphatic carbocycles. The van der Waals surface area contributed by atoms with Crippen molar-refractivity contribution >= 4 is 23.4 Å². The zero-order valence-electron chi connectivity index (χ0n) is 5.33. The van der Waals surface area contributed by atoms with Crippen LogP contribution in [0.25, 0.3) is 0 Å². The van der Waals surface area contributed by atoms with E-state index in [2.05, 4.69) is 0 Å². The van der Waals surface area contributed by atoms with E-state index in [0.29, 0.717) is 0 Å². The van der Waals surface area contributed by atoms with Crippen LogP contribution in [0.2, 0.25) is 0 Å². The summed E-state index contributed by atoms with van der Waals surface area (Å²) in [6, 6.07) is 10.1. The molecule has 0 unspecified atom stereocenters. The normalized spacial score (nSPS) is 10.5. The highest BCUT2D eigenvalue weighted by Crippen LogP contribution is 2.17. The predicted octanol–water partition coefficient (Wildman–Crippen LogP) is 3.49. The van der Waals surface area contributed by atoms with Gasteiger partial charge in [-0.2, -0.15) is 0 Å². The third-order valence-electron chi connectivity index (χ3n) is 0.999. The topological polar surface area (TPSA) is 0 Å². The van der Waals surface area contributed by atoms with Crippen molar-refractivity contribution in [1.29, 1.82) is 0 Å². The van der Waals surface area contributed by atoms with Gasteiger partial charge in [0.1, 0.15) is 0 Å². The van der Waals surface area contributed by atoms with E-state index in [0.717, 1.165) is 0 Å². The van der Waals surface area contributed by atoms with Crippen LogP contribution >= 0.6 is 23.4 Å². The Labute approximate surface area is 69.9 Å². The van der Waals surface area contributed by atoms with Crippen LogP contribution in [0.5, 0.6) is 0 Å². The molecule has 1 rings (SSSR count). The highest BCUT2D eigenvalue weighted by Gasteiger charge is 1.84. The molecule has 1 aromatic carbocycles. The summed E-state index contributed by atoms with van der Waals surface area (Å²) in [5, 5.41) is 1.84. The molecule has 0 amide bonds. The molecule has 0 atom stereocenters. The summed E-state index contributed by atoms with van der Waals surface area (Å²) in [5.41, 5.74) is 1.51. The molecular weight excluding hydrogens is 164 g/mol. The second kappa shape index (κ2) is 4.42. The van der Waals surface area contributed by atoms with Gasteiger partial charge in [-0.1, -0.05) is 41.6 Å². The van der Waals surface area contributed by atoms with E-state index in [-0.39, 0.29) is 0 Å². The molecule has 0 aliphatic heterocycles. The Hall–Kier alpha value is -0.400. The summed E-state index contributed by atoms with van der Waals surface area (Å²) in [4.78, 5) is 1.21. The van der Waals surface area contributed by atoms with Crippen LogP contribution in [0.4, 0.5) is 0 Å². The fourth-order valence-corrected chi connectivity index (χ4v) is 1.28. The SMILES string of the molecule is ClC=CSc1ccccc1. The van der Waals surface area contributed by atoms with E-state index in [4.69, 9.17) is 11.6 Å². The Morgan fingerprint density at radius 3 is 2.50 bits per heavy atom. The fraction of sp³-hybridized carbons (Fsp3) is 0. The van der Waals surface area contributed by atoms with Gasteiger partial charge in [-0.05, 0) is 17.5 Å². The minimum absolute atomic E-state index is 1.21. The van der Waals surface area contributed by atoms with Crippen molar-refractivity contribution in [1.82, 2.24) is 0 Å². The van der Waals surface area contributed by atoms with Gasteiger partial charge in [-0.3, -0.25) is 0 Å². The minimum atomic E-state index is 1.21. The van der Waals surface area contributed by atoms with Crippen LogP contribution in [0.15, 0.2) is 46.2 Å². The van der Waals surface area contributed by atoms with Crippen molar-refractivity contribution in [3.05, 3.63) is 41.3 Å². The van der Waals surface area contributed by atoms with Crippen molar-refractivity contribution in [2.75, 3.05) is 0 Å². The van der Waals surface area contributed by atoms with Crippen molar-refractivity contribution in [3.63, 3.8) is 0 Å². The van der Waals surface area contributed by atoms with Gasteiger partial charge in [0.05, 0.1) is 0 Å². The molecule has 10 heavy (non-hydrogen) atoms. The second-order valence-electron chi connectivity index (χ2n) is 1.69. The summed E-state index contributed by atoms with van der Waals surface area (Å²) in [6.45, 7) is 0. The maximum Gasteiger partial charge on any atom is 0.0116 e. The maximum atomic E-state index is 5.35. The molecule has 52 valence electrons. The van der Waals surface area contributed by atoms with Crippen molar-refractivity contribution in [2.45, 2.75) is 4.90 Å². The number of thioether (sulfide) groups is 1. The summed E-state index contributed by atoms with van der Waals surface area (Å²) in [7, 11) is 0. The van der Waals surface area contributed by atoms with E-state index < -0.39 is 0 Å². The molecule has 0 N–H and O–H groups in total. The number of rotatable bonds is 2. The molecule has 0 nitrogen and oxygen atoms in total. The lowest BCUT2D eigenvalue weighted by molar-refractivity contribution is 1.47. The molecule has 0 saturated carbocycles. The lowest BCUT2D eigenvalue weighted by atomic mass is 10.4. The van der Waals surface area contributed by atoms with Gasteiger partial charge in [0.15, 0.2) is 0 Å². The molecule has 0 spiro atoms. The highest BCUT2D eigenvalue weighted by molar-refractivity contribution is 8.02. The first-order chi connectivity index (χ1) is 4.93. The molecule has 2 heteroatoms. The summed E-state index contributed by atoms with van der Waals surface area (Å²) in [6.07, 6.45) is 0. The first-order valence-corrected chi connectivity index (χ1v) is 4.22. The van der Waals surface area contributed by atoms with Gasteiger partial charge in [-0.15, -0.1) is 0 Å². The van der Waals surface area contributed by atoms with E-state index in [1.54, 1.807) is 11.8 Å². The van der Waals surface area contributed by atoms with Crippen molar-refractivity contribution in [3.8, 4) is 0 Å². The third kappa shape index (κ3) is 2.46. The van der Waals surface area contributed by atoms with Crippen LogP contribution < -0.4 is 0 Å². The van der Waals surface area contributed by atoms with E-state index in [1.807, 2.05) is 35.7 Å². The third-order valence-corrected chi connectivity index (χ3v) is 2.09. The molecule has 0 aromatic heterocycles. The fourth-order valence-electron chi connectivity index (χ4n) is 0.603. The largest absolute Gasteiger partial charge is 0.0972 e. The smallest absolute Gasteiger partial charge is 0.0116 e. The van der Waals surface area contributed by atoms with Gasteiger partial charge in [0.2, 0.25) is 0 Å². The molecule has 0 fully saturated rings. The molecule has 0 aliphatic rings. The first kappa shape index (κ1) is 7.70. The average molecular weight is 171 g/mol. The molecular formula is C8H7ClS. The van der Waals surface area contributed by atoms with Gasteiger partial charge in [0.25, 0.3) is 0 Å². The maximum absolute atomic E-state index is 5.35. The Morgan fingerprint density at radius 1 is 1.20 bits per heavy atom.